The first-order chi connectivity index (χ1) is 7.45. The number of benzene rings is 1. The van der Waals surface area contributed by atoms with Crippen LogP contribution in [0.15, 0.2) is 12.1 Å². The van der Waals surface area contributed by atoms with Crippen molar-refractivity contribution >= 4 is 17.5 Å². The Bertz CT molecular complexity index is 449. The van der Waals surface area contributed by atoms with Gasteiger partial charge in [-0.2, -0.15) is 0 Å². The predicted octanol–water partition coefficient (Wildman–Crippen LogP) is 0.397. The van der Waals surface area contributed by atoms with Crippen LogP contribution in [0, 0.1) is 11.6 Å². The molecule has 0 aliphatic rings. The summed E-state index contributed by atoms with van der Waals surface area (Å²) in [5.41, 5.74) is 4.15. The highest BCUT2D eigenvalue weighted by Gasteiger charge is 2.15. The van der Waals surface area contributed by atoms with E-state index in [1.54, 1.807) is 0 Å². The Morgan fingerprint density at radius 2 is 1.94 bits per heavy atom. The van der Waals surface area contributed by atoms with Crippen LogP contribution in [0.5, 0.6) is 5.75 Å². The second-order valence-electron chi connectivity index (χ2n) is 2.78. The molecule has 0 radical (unpaired) electrons. The van der Waals surface area contributed by atoms with Crippen LogP contribution in [0.2, 0.25) is 0 Å². The van der Waals surface area contributed by atoms with Crippen LogP contribution >= 0.6 is 0 Å². The number of halogens is 2. The summed E-state index contributed by atoms with van der Waals surface area (Å²) in [5.74, 6) is -4.65. The summed E-state index contributed by atoms with van der Waals surface area (Å²) in [5, 5.41) is 1.82. The number of amides is 2. The molecule has 0 heterocycles. The van der Waals surface area contributed by atoms with Gasteiger partial charge < -0.3 is 15.8 Å². The molecule has 0 spiro atoms. The highest BCUT2D eigenvalue weighted by molar-refractivity contribution is 6.39. The molecule has 5 nitrogen and oxygen atoms in total. The van der Waals surface area contributed by atoms with Gasteiger partial charge in [-0.05, 0) is 0 Å². The van der Waals surface area contributed by atoms with Gasteiger partial charge in [0.25, 0.3) is 0 Å². The Kier molecular flexibility index (Phi) is 3.39. The fourth-order valence-corrected chi connectivity index (χ4v) is 0.965. The number of carbonyl (C=O) groups excluding carboxylic acids is 2. The maximum absolute atomic E-state index is 13.2. The van der Waals surface area contributed by atoms with Crippen LogP contribution in [0.25, 0.3) is 0 Å². The van der Waals surface area contributed by atoms with Gasteiger partial charge in [-0.3, -0.25) is 9.59 Å². The molecule has 0 bridgehead atoms. The standard InChI is InChI=1S/C9H8F2N2O3/c1-16-7-3-4(10)6(2-5(7)11)13-9(15)8(12)14/h2-3H,1H3,(H2,12,14)(H,13,15). The highest BCUT2D eigenvalue weighted by Crippen LogP contribution is 2.24. The lowest BCUT2D eigenvalue weighted by molar-refractivity contribution is -0.134. The number of carbonyl (C=O) groups is 2. The summed E-state index contributed by atoms with van der Waals surface area (Å²) in [6.07, 6.45) is 0. The molecule has 1 rings (SSSR count). The molecule has 0 aliphatic carbocycles. The second-order valence-corrected chi connectivity index (χ2v) is 2.78. The van der Waals surface area contributed by atoms with Crippen molar-refractivity contribution in [1.29, 1.82) is 0 Å². The molecule has 0 atom stereocenters. The molecular formula is C9H8F2N2O3. The van der Waals surface area contributed by atoms with Crippen molar-refractivity contribution in [2.24, 2.45) is 5.73 Å². The van der Waals surface area contributed by atoms with Crippen molar-refractivity contribution in [2.45, 2.75) is 0 Å². The molecule has 0 aromatic heterocycles. The van der Waals surface area contributed by atoms with Crippen LogP contribution < -0.4 is 15.8 Å². The van der Waals surface area contributed by atoms with Gasteiger partial charge in [0.15, 0.2) is 17.4 Å². The van der Waals surface area contributed by atoms with E-state index in [0.717, 1.165) is 6.07 Å². The molecule has 1 aromatic carbocycles. The summed E-state index contributed by atoms with van der Waals surface area (Å²) in [6.45, 7) is 0. The zero-order chi connectivity index (χ0) is 12.3. The molecule has 2 amide bonds. The number of primary amides is 1. The predicted molar refractivity (Wildman–Crippen MR) is 50.7 cm³/mol. The van der Waals surface area contributed by atoms with E-state index in [1.807, 2.05) is 5.32 Å². The number of nitrogens with two attached hydrogens (primary N) is 1. The van der Waals surface area contributed by atoms with Gasteiger partial charge in [0.2, 0.25) is 0 Å². The molecule has 1 aromatic rings. The van der Waals surface area contributed by atoms with E-state index in [-0.39, 0.29) is 5.75 Å². The Hall–Kier alpha value is -2.18. The van der Waals surface area contributed by atoms with Crippen molar-refractivity contribution in [3.05, 3.63) is 23.8 Å². The van der Waals surface area contributed by atoms with Crippen LogP contribution in [0.4, 0.5) is 14.5 Å². The SMILES string of the molecule is COc1cc(F)c(NC(=O)C(N)=O)cc1F. The van der Waals surface area contributed by atoms with Gasteiger partial charge >= 0.3 is 11.8 Å². The average Bonchev–Trinajstić information content (AvgIpc) is 2.22. The maximum atomic E-state index is 13.2. The van der Waals surface area contributed by atoms with Crippen LogP contribution in [0.3, 0.4) is 0 Å². The first-order valence-corrected chi connectivity index (χ1v) is 4.09. The van der Waals surface area contributed by atoms with Gasteiger partial charge in [-0.25, -0.2) is 8.78 Å². The average molecular weight is 230 g/mol. The van der Waals surface area contributed by atoms with Gasteiger partial charge in [0, 0.05) is 12.1 Å². The number of methoxy groups -OCH3 is 1. The molecule has 0 saturated heterocycles. The smallest absolute Gasteiger partial charge is 0.313 e. The minimum Gasteiger partial charge on any atom is -0.494 e. The first-order valence-electron chi connectivity index (χ1n) is 4.09. The Morgan fingerprint density at radius 3 is 2.44 bits per heavy atom. The van der Waals surface area contributed by atoms with Gasteiger partial charge in [0.1, 0.15) is 0 Å². The van der Waals surface area contributed by atoms with E-state index >= 15 is 0 Å². The quantitative estimate of drug-likeness (QED) is 0.721. The van der Waals surface area contributed by atoms with Crippen molar-refractivity contribution in [2.75, 3.05) is 12.4 Å². The molecule has 0 aliphatic heterocycles. The lowest BCUT2D eigenvalue weighted by Crippen LogP contribution is -2.29. The van der Waals surface area contributed by atoms with Crippen LogP contribution in [-0.4, -0.2) is 18.9 Å². The third kappa shape index (κ3) is 2.44. The van der Waals surface area contributed by atoms with E-state index in [9.17, 15) is 18.4 Å². The second kappa shape index (κ2) is 4.56. The van der Waals surface area contributed by atoms with E-state index in [0.29, 0.717) is 6.07 Å². The number of hydrogen-bond donors (Lipinski definition) is 2. The Labute approximate surface area is 89.2 Å². The van der Waals surface area contributed by atoms with E-state index in [1.165, 1.54) is 7.11 Å². The van der Waals surface area contributed by atoms with E-state index < -0.39 is 29.1 Å². The lowest BCUT2D eigenvalue weighted by atomic mass is 10.2. The van der Waals surface area contributed by atoms with E-state index in [2.05, 4.69) is 10.5 Å². The normalized spacial score (nSPS) is 9.69. The van der Waals surface area contributed by atoms with E-state index in [4.69, 9.17) is 0 Å². The molecule has 0 unspecified atom stereocenters. The van der Waals surface area contributed by atoms with Crippen molar-refractivity contribution in [1.82, 2.24) is 0 Å². The third-order valence-corrected chi connectivity index (χ3v) is 1.71. The highest BCUT2D eigenvalue weighted by atomic mass is 19.1. The monoisotopic (exact) mass is 230 g/mol. The Balaban J connectivity index is 3.02. The fourth-order valence-electron chi connectivity index (χ4n) is 0.965. The third-order valence-electron chi connectivity index (χ3n) is 1.71. The number of rotatable bonds is 2. The molecular weight excluding hydrogens is 222 g/mol. The van der Waals surface area contributed by atoms with Crippen molar-refractivity contribution < 1.29 is 23.1 Å². The topological polar surface area (TPSA) is 81.4 Å². The van der Waals surface area contributed by atoms with Gasteiger partial charge in [0.05, 0.1) is 12.8 Å². The molecule has 86 valence electrons. The first kappa shape index (κ1) is 11.9. The lowest BCUT2D eigenvalue weighted by Gasteiger charge is -2.07. The van der Waals surface area contributed by atoms with Crippen LogP contribution in [-0.2, 0) is 9.59 Å². The number of ether oxygens (including phenoxy) is 1. The van der Waals surface area contributed by atoms with Crippen molar-refractivity contribution in [3.8, 4) is 5.75 Å². The summed E-state index contributed by atoms with van der Waals surface area (Å²) in [7, 11) is 1.17. The van der Waals surface area contributed by atoms with Gasteiger partial charge in [-0.1, -0.05) is 0 Å². The maximum Gasteiger partial charge on any atom is 0.313 e. The minimum absolute atomic E-state index is 0.311. The van der Waals surface area contributed by atoms with Crippen molar-refractivity contribution in [3.63, 3.8) is 0 Å². The zero-order valence-corrected chi connectivity index (χ0v) is 8.21. The molecule has 3 N–H and O–H groups in total. The summed E-state index contributed by atoms with van der Waals surface area (Å²) in [6, 6.07) is 1.43. The summed E-state index contributed by atoms with van der Waals surface area (Å²) in [4.78, 5) is 21.2. The fraction of sp³-hybridized carbons (Fsp3) is 0.111. The van der Waals surface area contributed by atoms with Gasteiger partial charge in [-0.15, -0.1) is 0 Å². The molecule has 0 fully saturated rings. The number of nitrogens with one attached hydrogen (secondary N) is 1. The molecule has 0 saturated carbocycles. The number of anilines is 1. The molecule has 16 heavy (non-hydrogen) atoms. The summed E-state index contributed by atoms with van der Waals surface area (Å²) < 4.78 is 30.9. The van der Waals surface area contributed by atoms with Crippen LogP contribution in [0.1, 0.15) is 0 Å². The largest absolute Gasteiger partial charge is 0.494 e. The Morgan fingerprint density at radius 1 is 1.31 bits per heavy atom. The minimum atomic E-state index is -1.30. The summed E-state index contributed by atoms with van der Waals surface area (Å²) >= 11 is 0. The number of hydrogen-bond acceptors (Lipinski definition) is 3. The molecule has 7 heteroatoms. The zero-order valence-electron chi connectivity index (χ0n) is 8.21.